The lowest BCUT2D eigenvalue weighted by Gasteiger charge is -2.08. The Labute approximate surface area is 84.9 Å². The van der Waals surface area contributed by atoms with Gasteiger partial charge in [0.2, 0.25) is 0 Å². The third-order valence-electron chi connectivity index (χ3n) is 2.17. The van der Waals surface area contributed by atoms with E-state index in [0.29, 0.717) is 0 Å². The fourth-order valence-electron chi connectivity index (χ4n) is 1.40. The normalized spacial score (nSPS) is 24.2. The molecule has 1 aliphatic rings. The minimum Gasteiger partial charge on any atom is -0.396 e. The second-order valence-corrected chi connectivity index (χ2v) is 5.43. The summed E-state index contributed by atoms with van der Waals surface area (Å²) >= 11 is 0. The number of nitrogens with one attached hydrogen (secondary N) is 1. The molecule has 0 aromatic heterocycles. The molecule has 82 valence electrons. The van der Waals surface area contributed by atoms with Crippen LogP contribution >= 0.6 is 0 Å². The molecule has 0 radical (unpaired) electrons. The van der Waals surface area contributed by atoms with E-state index in [0.717, 1.165) is 25.8 Å². The van der Waals surface area contributed by atoms with E-state index in [4.69, 9.17) is 5.11 Å². The standard InChI is InChI=1S/C9H17NO3S/c11-6-3-1-2-5-10-9-4-7-14(12,13)8-9/h4,7,9-11H,1-3,5-6,8H2. The van der Waals surface area contributed by atoms with Crippen molar-refractivity contribution in [2.75, 3.05) is 18.9 Å². The van der Waals surface area contributed by atoms with Crippen molar-refractivity contribution in [3.8, 4) is 0 Å². The molecule has 1 atom stereocenters. The molecule has 0 aromatic carbocycles. The van der Waals surface area contributed by atoms with Gasteiger partial charge in [-0.05, 0) is 25.8 Å². The highest BCUT2D eigenvalue weighted by molar-refractivity contribution is 7.94. The summed E-state index contributed by atoms with van der Waals surface area (Å²) in [5.41, 5.74) is 0. The van der Waals surface area contributed by atoms with Crippen LogP contribution in [0.5, 0.6) is 0 Å². The molecule has 1 aliphatic heterocycles. The summed E-state index contributed by atoms with van der Waals surface area (Å²) in [5.74, 6) is 0.188. The van der Waals surface area contributed by atoms with Crippen LogP contribution in [0.1, 0.15) is 19.3 Å². The van der Waals surface area contributed by atoms with Crippen molar-refractivity contribution in [2.45, 2.75) is 25.3 Å². The van der Waals surface area contributed by atoms with Crippen LogP contribution in [-0.2, 0) is 9.84 Å². The quantitative estimate of drug-likeness (QED) is 0.619. The second kappa shape index (κ2) is 5.48. The van der Waals surface area contributed by atoms with Crippen LogP contribution < -0.4 is 5.32 Å². The molecule has 0 spiro atoms. The Bertz CT molecular complexity index is 284. The number of hydrogen-bond donors (Lipinski definition) is 2. The molecule has 2 N–H and O–H groups in total. The Morgan fingerprint density at radius 2 is 2.14 bits per heavy atom. The van der Waals surface area contributed by atoms with Crippen molar-refractivity contribution in [2.24, 2.45) is 0 Å². The third kappa shape index (κ3) is 4.21. The van der Waals surface area contributed by atoms with E-state index in [1.807, 2.05) is 0 Å². The van der Waals surface area contributed by atoms with Gasteiger partial charge in [-0.15, -0.1) is 0 Å². The van der Waals surface area contributed by atoms with Crippen molar-refractivity contribution >= 4 is 9.84 Å². The topological polar surface area (TPSA) is 66.4 Å². The summed E-state index contributed by atoms with van der Waals surface area (Å²) < 4.78 is 22.0. The van der Waals surface area contributed by atoms with E-state index < -0.39 is 9.84 Å². The zero-order valence-corrected chi connectivity index (χ0v) is 8.96. The van der Waals surface area contributed by atoms with Gasteiger partial charge in [0.1, 0.15) is 0 Å². The lowest BCUT2D eigenvalue weighted by Crippen LogP contribution is -2.30. The molecule has 1 heterocycles. The predicted molar refractivity (Wildman–Crippen MR) is 55.7 cm³/mol. The Balaban J connectivity index is 2.07. The van der Waals surface area contributed by atoms with E-state index in [1.54, 1.807) is 6.08 Å². The van der Waals surface area contributed by atoms with Crippen molar-refractivity contribution in [3.63, 3.8) is 0 Å². The van der Waals surface area contributed by atoms with E-state index in [1.165, 1.54) is 5.41 Å². The smallest absolute Gasteiger partial charge is 0.173 e. The van der Waals surface area contributed by atoms with Gasteiger partial charge >= 0.3 is 0 Å². The van der Waals surface area contributed by atoms with Crippen LogP contribution in [0.2, 0.25) is 0 Å². The van der Waals surface area contributed by atoms with Crippen molar-refractivity contribution in [1.82, 2.24) is 5.32 Å². The van der Waals surface area contributed by atoms with Crippen LogP contribution in [-0.4, -0.2) is 38.5 Å². The molecule has 5 heteroatoms. The molecule has 0 bridgehead atoms. The zero-order valence-electron chi connectivity index (χ0n) is 8.15. The van der Waals surface area contributed by atoms with Gasteiger partial charge in [-0.2, -0.15) is 0 Å². The summed E-state index contributed by atoms with van der Waals surface area (Å²) in [6.07, 6.45) is 4.47. The lowest BCUT2D eigenvalue weighted by atomic mass is 10.2. The molecule has 0 amide bonds. The number of aliphatic hydroxyl groups is 1. The van der Waals surface area contributed by atoms with Crippen LogP contribution in [0.3, 0.4) is 0 Å². The first-order valence-corrected chi connectivity index (χ1v) is 6.61. The van der Waals surface area contributed by atoms with Gasteiger partial charge in [0.25, 0.3) is 0 Å². The fraction of sp³-hybridized carbons (Fsp3) is 0.778. The lowest BCUT2D eigenvalue weighted by molar-refractivity contribution is 0.282. The van der Waals surface area contributed by atoms with Gasteiger partial charge in [-0.25, -0.2) is 8.42 Å². The molecule has 0 aromatic rings. The Morgan fingerprint density at radius 3 is 2.71 bits per heavy atom. The van der Waals surface area contributed by atoms with Crippen LogP contribution in [0.15, 0.2) is 11.5 Å². The molecular weight excluding hydrogens is 202 g/mol. The average molecular weight is 219 g/mol. The first kappa shape index (κ1) is 11.7. The summed E-state index contributed by atoms with van der Waals surface area (Å²) in [6, 6.07) is -0.0193. The van der Waals surface area contributed by atoms with Gasteiger partial charge in [-0.1, -0.05) is 6.08 Å². The molecule has 0 aliphatic carbocycles. The van der Waals surface area contributed by atoms with Crippen LogP contribution in [0, 0.1) is 0 Å². The molecular formula is C9H17NO3S. The van der Waals surface area contributed by atoms with E-state index >= 15 is 0 Å². The molecule has 14 heavy (non-hydrogen) atoms. The SMILES string of the molecule is O=S1(=O)C=CC(NCCCCCO)C1. The highest BCUT2D eigenvalue weighted by atomic mass is 32.2. The summed E-state index contributed by atoms with van der Waals surface area (Å²) in [7, 11) is -2.93. The van der Waals surface area contributed by atoms with Gasteiger partial charge in [-0.3, -0.25) is 0 Å². The van der Waals surface area contributed by atoms with Crippen molar-refractivity contribution < 1.29 is 13.5 Å². The van der Waals surface area contributed by atoms with Gasteiger partial charge in [0.15, 0.2) is 9.84 Å². The predicted octanol–water partition coefficient (Wildman–Crippen LogP) is 0.0493. The Hall–Kier alpha value is -0.390. The zero-order chi connectivity index (χ0) is 10.4. The van der Waals surface area contributed by atoms with Gasteiger partial charge in [0.05, 0.1) is 5.75 Å². The number of rotatable bonds is 6. The van der Waals surface area contributed by atoms with Gasteiger partial charge in [0, 0.05) is 18.1 Å². The fourth-order valence-corrected chi connectivity index (χ4v) is 2.67. The van der Waals surface area contributed by atoms with Crippen LogP contribution in [0.4, 0.5) is 0 Å². The van der Waals surface area contributed by atoms with Crippen LogP contribution in [0.25, 0.3) is 0 Å². The first-order chi connectivity index (χ1) is 6.64. The van der Waals surface area contributed by atoms with E-state index in [-0.39, 0.29) is 18.4 Å². The highest BCUT2D eigenvalue weighted by Crippen LogP contribution is 2.07. The Morgan fingerprint density at radius 1 is 1.36 bits per heavy atom. The highest BCUT2D eigenvalue weighted by Gasteiger charge is 2.20. The molecule has 4 nitrogen and oxygen atoms in total. The summed E-state index contributed by atoms with van der Waals surface area (Å²) in [4.78, 5) is 0. The minimum atomic E-state index is -2.93. The number of aliphatic hydroxyl groups excluding tert-OH is 1. The number of hydrogen-bond acceptors (Lipinski definition) is 4. The molecule has 1 rings (SSSR count). The molecule has 0 fully saturated rings. The maximum Gasteiger partial charge on any atom is 0.173 e. The monoisotopic (exact) mass is 219 g/mol. The van der Waals surface area contributed by atoms with Crippen molar-refractivity contribution in [1.29, 1.82) is 0 Å². The third-order valence-corrected chi connectivity index (χ3v) is 3.57. The Kier molecular flexibility index (Phi) is 4.57. The first-order valence-electron chi connectivity index (χ1n) is 4.89. The van der Waals surface area contributed by atoms with Crippen molar-refractivity contribution in [3.05, 3.63) is 11.5 Å². The molecule has 0 saturated heterocycles. The van der Waals surface area contributed by atoms with E-state index in [9.17, 15) is 8.42 Å². The largest absolute Gasteiger partial charge is 0.396 e. The number of unbranched alkanes of at least 4 members (excludes halogenated alkanes) is 2. The maximum atomic E-state index is 11.0. The number of sulfone groups is 1. The van der Waals surface area contributed by atoms with E-state index in [2.05, 4.69) is 5.32 Å². The second-order valence-electron chi connectivity index (χ2n) is 3.50. The summed E-state index contributed by atoms with van der Waals surface area (Å²) in [6.45, 7) is 1.04. The average Bonchev–Trinajstić information content (AvgIpc) is 2.45. The minimum absolute atomic E-state index is 0.0193. The van der Waals surface area contributed by atoms with Gasteiger partial charge < -0.3 is 10.4 Å². The summed E-state index contributed by atoms with van der Waals surface area (Å²) in [5, 5.41) is 13.0. The molecule has 1 unspecified atom stereocenters. The molecule has 0 saturated carbocycles. The maximum absolute atomic E-state index is 11.0.